The molecule has 148 valence electrons. The van der Waals surface area contributed by atoms with E-state index in [9.17, 15) is 9.59 Å². The maximum atomic E-state index is 12.4. The van der Waals surface area contributed by atoms with E-state index < -0.39 is 0 Å². The largest absolute Gasteiger partial charge is 0.465 e. The van der Waals surface area contributed by atoms with Gasteiger partial charge in [-0.3, -0.25) is 9.59 Å². The van der Waals surface area contributed by atoms with Crippen LogP contribution in [-0.2, 0) is 9.59 Å². The molecule has 2 aromatic carbocycles. The third-order valence-corrected chi connectivity index (χ3v) is 4.16. The van der Waals surface area contributed by atoms with Crippen LogP contribution in [0.5, 0.6) is 11.5 Å². The Morgan fingerprint density at radius 2 is 1.72 bits per heavy atom. The van der Waals surface area contributed by atoms with Crippen LogP contribution in [0.1, 0.15) is 12.2 Å². The quantitative estimate of drug-likeness (QED) is 0.584. The Hall–Kier alpha value is -3.80. The SMILES string of the molecule is CN(C(=O)CCNC(=O)/C=C/c1ccco1)c1ccc(Oc2ccccc2)cc1. The molecule has 29 heavy (non-hydrogen) atoms. The van der Waals surface area contributed by atoms with Crippen LogP contribution in [0.15, 0.2) is 83.5 Å². The summed E-state index contributed by atoms with van der Waals surface area (Å²) < 4.78 is 10.9. The number of anilines is 1. The van der Waals surface area contributed by atoms with Crippen molar-refractivity contribution in [2.75, 3.05) is 18.5 Å². The molecule has 3 rings (SSSR count). The predicted octanol–water partition coefficient (Wildman–Crippen LogP) is 4.25. The third-order valence-electron chi connectivity index (χ3n) is 4.16. The highest BCUT2D eigenvalue weighted by Gasteiger charge is 2.11. The first-order chi connectivity index (χ1) is 14.1. The molecular formula is C23H22N2O4. The first-order valence-electron chi connectivity index (χ1n) is 9.21. The van der Waals surface area contributed by atoms with Gasteiger partial charge in [-0.25, -0.2) is 0 Å². The predicted molar refractivity (Wildman–Crippen MR) is 112 cm³/mol. The summed E-state index contributed by atoms with van der Waals surface area (Å²) in [4.78, 5) is 25.7. The third kappa shape index (κ3) is 6.10. The van der Waals surface area contributed by atoms with Crippen molar-refractivity contribution in [3.63, 3.8) is 0 Å². The number of para-hydroxylation sites is 1. The summed E-state index contributed by atoms with van der Waals surface area (Å²) in [6.07, 6.45) is 4.67. The fourth-order valence-corrected chi connectivity index (χ4v) is 2.57. The van der Waals surface area contributed by atoms with E-state index in [1.807, 2.05) is 54.6 Å². The van der Waals surface area contributed by atoms with Crippen molar-refractivity contribution in [3.05, 3.63) is 84.8 Å². The van der Waals surface area contributed by atoms with E-state index in [1.165, 1.54) is 12.3 Å². The molecule has 0 aliphatic carbocycles. The lowest BCUT2D eigenvalue weighted by Crippen LogP contribution is -2.31. The molecule has 0 fully saturated rings. The van der Waals surface area contributed by atoms with Crippen molar-refractivity contribution < 1.29 is 18.7 Å². The van der Waals surface area contributed by atoms with Crippen LogP contribution < -0.4 is 15.0 Å². The molecule has 1 heterocycles. The van der Waals surface area contributed by atoms with E-state index in [2.05, 4.69) is 5.32 Å². The molecule has 1 N–H and O–H groups in total. The summed E-state index contributed by atoms with van der Waals surface area (Å²) in [5.74, 6) is 1.66. The normalized spacial score (nSPS) is 10.7. The number of amides is 2. The van der Waals surface area contributed by atoms with E-state index >= 15 is 0 Å². The van der Waals surface area contributed by atoms with Gasteiger partial charge in [-0.05, 0) is 54.6 Å². The number of hydrogen-bond acceptors (Lipinski definition) is 4. The fraction of sp³-hybridized carbons (Fsp3) is 0.130. The lowest BCUT2D eigenvalue weighted by Gasteiger charge is -2.18. The molecule has 3 aromatic rings. The van der Waals surface area contributed by atoms with E-state index in [1.54, 1.807) is 30.2 Å². The molecule has 0 radical (unpaired) electrons. The topological polar surface area (TPSA) is 71.8 Å². The monoisotopic (exact) mass is 390 g/mol. The van der Waals surface area contributed by atoms with Crippen LogP contribution in [0, 0.1) is 0 Å². The van der Waals surface area contributed by atoms with Gasteiger partial charge in [0, 0.05) is 31.8 Å². The summed E-state index contributed by atoms with van der Waals surface area (Å²) >= 11 is 0. The molecule has 6 nitrogen and oxygen atoms in total. The van der Waals surface area contributed by atoms with Gasteiger partial charge < -0.3 is 19.4 Å². The van der Waals surface area contributed by atoms with Crippen molar-refractivity contribution >= 4 is 23.6 Å². The highest BCUT2D eigenvalue weighted by molar-refractivity contribution is 5.94. The van der Waals surface area contributed by atoms with Gasteiger partial charge >= 0.3 is 0 Å². The average molecular weight is 390 g/mol. The number of carbonyl (C=O) groups is 2. The zero-order valence-electron chi connectivity index (χ0n) is 16.1. The van der Waals surface area contributed by atoms with Crippen molar-refractivity contribution in [2.24, 2.45) is 0 Å². The maximum Gasteiger partial charge on any atom is 0.244 e. The molecule has 0 aliphatic heterocycles. The standard InChI is InChI=1S/C23H22N2O4/c1-25(18-9-11-21(12-10-18)29-20-6-3-2-4-7-20)23(27)15-16-24-22(26)14-13-19-8-5-17-28-19/h2-14,17H,15-16H2,1H3,(H,24,26)/b14-13+. The van der Waals surface area contributed by atoms with Crippen molar-refractivity contribution in [1.82, 2.24) is 5.32 Å². The number of rotatable bonds is 8. The van der Waals surface area contributed by atoms with Crippen LogP contribution >= 0.6 is 0 Å². The Morgan fingerprint density at radius 1 is 1.00 bits per heavy atom. The van der Waals surface area contributed by atoms with Gasteiger partial charge in [0.2, 0.25) is 11.8 Å². The lowest BCUT2D eigenvalue weighted by atomic mass is 10.2. The average Bonchev–Trinajstić information content (AvgIpc) is 3.27. The number of carbonyl (C=O) groups excluding carboxylic acids is 2. The first-order valence-corrected chi connectivity index (χ1v) is 9.21. The molecule has 0 bridgehead atoms. The van der Waals surface area contributed by atoms with Gasteiger partial charge in [0.05, 0.1) is 6.26 Å². The molecule has 0 saturated heterocycles. The summed E-state index contributed by atoms with van der Waals surface area (Å²) in [5, 5.41) is 2.68. The minimum Gasteiger partial charge on any atom is -0.465 e. The second-order valence-electron chi connectivity index (χ2n) is 6.25. The molecule has 2 amide bonds. The molecule has 0 atom stereocenters. The Kier molecular flexibility index (Phi) is 6.84. The summed E-state index contributed by atoms with van der Waals surface area (Å²) in [6, 6.07) is 20.2. The van der Waals surface area contributed by atoms with Crippen LogP contribution in [0.4, 0.5) is 5.69 Å². The highest BCUT2D eigenvalue weighted by atomic mass is 16.5. The van der Waals surface area contributed by atoms with Crippen molar-refractivity contribution in [1.29, 1.82) is 0 Å². The first kappa shape index (κ1) is 19.9. The number of ether oxygens (including phenoxy) is 1. The van der Waals surface area contributed by atoms with Crippen LogP contribution in [-0.4, -0.2) is 25.4 Å². The van der Waals surface area contributed by atoms with E-state index in [4.69, 9.17) is 9.15 Å². The zero-order chi connectivity index (χ0) is 20.5. The number of hydrogen-bond donors (Lipinski definition) is 1. The van der Waals surface area contributed by atoms with Crippen molar-refractivity contribution in [2.45, 2.75) is 6.42 Å². The second kappa shape index (κ2) is 9.94. The molecular weight excluding hydrogens is 368 g/mol. The molecule has 0 spiro atoms. The number of nitrogens with one attached hydrogen (secondary N) is 1. The minimum atomic E-state index is -0.278. The Bertz CT molecular complexity index is 948. The molecule has 1 aromatic heterocycles. The highest BCUT2D eigenvalue weighted by Crippen LogP contribution is 2.24. The van der Waals surface area contributed by atoms with Gasteiger partial charge in [0.15, 0.2) is 0 Å². The number of furan rings is 1. The smallest absolute Gasteiger partial charge is 0.244 e. The zero-order valence-corrected chi connectivity index (χ0v) is 16.1. The summed E-state index contributed by atoms with van der Waals surface area (Å²) in [6.45, 7) is 0.250. The Balaban J connectivity index is 1.45. The van der Waals surface area contributed by atoms with Gasteiger partial charge in [0.1, 0.15) is 17.3 Å². The number of nitrogens with zero attached hydrogens (tertiary/aromatic N) is 1. The van der Waals surface area contributed by atoms with E-state index in [0.29, 0.717) is 11.5 Å². The maximum absolute atomic E-state index is 12.4. The van der Waals surface area contributed by atoms with Gasteiger partial charge in [0.25, 0.3) is 0 Å². The molecule has 6 heteroatoms. The Labute approximate surface area is 169 Å². The number of benzene rings is 2. The molecule has 0 saturated carbocycles. The van der Waals surface area contributed by atoms with Gasteiger partial charge in [-0.1, -0.05) is 18.2 Å². The van der Waals surface area contributed by atoms with Gasteiger partial charge in [-0.2, -0.15) is 0 Å². The van der Waals surface area contributed by atoms with Crippen LogP contribution in [0.3, 0.4) is 0 Å². The van der Waals surface area contributed by atoms with Crippen LogP contribution in [0.2, 0.25) is 0 Å². The minimum absolute atomic E-state index is 0.1000. The molecule has 0 unspecified atom stereocenters. The fourth-order valence-electron chi connectivity index (χ4n) is 2.57. The van der Waals surface area contributed by atoms with Crippen LogP contribution in [0.25, 0.3) is 6.08 Å². The summed E-state index contributed by atoms with van der Waals surface area (Å²) in [5.41, 5.74) is 0.749. The lowest BCUT2D eigenvalue weighted by molar-refractivity contribution is -0.118. The van der Waals surface area contributed by atoms with Crippen molar-refractivity contribution in [3.8, 4) is 11.5 Å². The van der Waals surface area contributed by atoms with Gasteiger partial charge in [-0.15, -0.1) is 0 Å². The summed E-state index contributed by atoms with van der Waals surface area (Å²) in [7, 11) is 1.70. The van der Waals surface area contributed by atoms with E-state index in [0.717, 1.165) is 11.4 Å². The van der Waals surface area contributed by atoms with E-state index in [-0.39, 0.29) is 24.8 Å². The molecule has 0 aliphatic rings. The Morgan fingerprint density at radius 3 is 2.41 bits per heavy atom. The second-order valence-corrected chi connectivity index (χ2v) is 6.25.